The number of rotatable bonds is 7. The van der Waals surface area contributed by atoms with Crippen molar-refractivity contribution >= 4 is 5.97 Å². The van der Waals surface area contributed by atoms with Crippen molar-refractivity contribution in [2.24, 2.45) is 0 Å². The summed E-state index contributed by atoms with van der Waals surface area (Å²) in [4.78, 5) is 12.1. The summed E-state index contributed by atoms with van der Waals surface area (Å²) < 4.78 is 1.99. The van der Waals surface area contributed by atoms with Crippen molar-refractivity contribution in [2.45, 2.75) is 39.7 Å². The van der Waals surface area contributed by atoms with Gasteiger partial charge in [0.2, 0.25) is 0 Å². The second-order valence-corrected chi connectivity index (χ2v) is 8.54. The van der Waals surface area contributed by atoms with Gasteiger partial charge in [-0.1, -0.05) is 89.5 Å². The Balaban J connectivity index is 1.71. The van der Waals surface area contributed by atoms with Crippen LogP contribution >= 0.6 is 0 Å². The van der Waals surface area contributed by atoms with Gasteiger partial charge in [0, 0.05) is 6.42 Å². The molecule has 1 atom stereocenters. The van der Waals surface area contributed by atoms with Crippen molar-refractivity contribution in [2.75, 3.05) is 0 Å². The third-order valence-electron chi connectivity index (χ3n) is 5.79. The predicted octanol–water partition coefficient (Wildman–Crippen LogP) is 5.93. The lowest BCUT2D eigenvalue weighted by atomic mass is 9.93. The molecule has 0 saturated heterocycles. The van der Waals surface area contributed by atoms with Crippen LogP contribution in [0.2, 0.25) is 0 Å². The lowest BCUT2D eigenvalue weighted by Gasteiger charge is -2.12. The largest absolute Gasteiger partial charge is 0.481 e. The van der Waals surface area contributed by atoms with Crippen molar-refractivity contribution in [3.8, 4) is 11.3 Å². The molecule has 0 spiro atoms. The van der Waals surface area contributed by atoms with Gasteiger partial charge in [-0.05, 0) is 43.5 Å². The van der Waals surface area contributed by atoms with Crippen LogP contribution in [-0.4, -0.2) is 20.9 Å². The van der Waals surface area contributed by atoms with Crippen molar-refractivity contribution in [1.82, 2.24) is 9.78 Å². The lowest BCUT2D eigenvalue weighted by Crippen LogP contribution is -2.15. The van der Waals surface area contributed by atoms with Gasteiger partial charge in [-0.15, -0.1) is 0 Å². The minimum Gasteiger partial charge on any atom is -0.481 e. The van der Waals surface area contributed by atoms with E-state index in [-0.39, 0.29) is 0 Å². The third kappa shape index (κ3) is 4.97. The molecule has 0 fully saturated rings. The van der Waals surface area contributed by atoms with E-state index in [1.165, 1.54) is 11.1 Å². The molecule has 0 saturated carbocycles. The molecule has 1 aromatic heterocycles. The Hall–Kier alpha value is -3.66. The molecule has 1 heterocycles. The molecule has 0 aliphatic carbocycles. The Morgan fingerprint density at radius 3 is 2.16 bits per heavy atom. The van der Waals surface area contributed by atoms with Crippen LogP contribution in [0.5, 0.6) is 0 Å². The second-order valence-electron chi connectivity index (χ2n) is 8.54. The second kappa shape index (κ2) is 9.23. The molecule has 4 aromatic rings. The smallest absolute Gasteiger partial charge is 0.311 e. The number of aryl methyl sites for hydroxylation is 3. The highest BCUT2D eigenvalue weighted by Gasteiger charge is 2.23. The van der Waals surface area contributed by atoms with Gasteiger partial charge in [0.25, 0.3) is 0 Å². The molecule has 1 N–H and O–H groups in total. The van der Waals surface area contributed by atoms with Crippen LogP contribution in [0.4, 0.5) is 0 Å². The Kier molecular flexibility index (Phi) is 6.22. The SMILES string of the molecule is Cc1ccc(Cn2nc(CC(C(=O)O)c3cccc(C)c3)cc2-c2ccc(C)cc2)cc1. The number of hydrogen-bond acceptors (Lipinski definition) is 2. The van der Waals surface area contributed by atoms with Gasteiger partial charge < -0.3 is 5.11 Å². The minimum absolute atomic E-state index is 0.346. The Morgan fingerprint density at radius 1 is 0.875 bits per heavy atom. The van der Waals surface area contributed by atoms with Crippen molar-refractivity contribution in [1.29, 1.82) is 0 Å². The zero-order chi connectivity index (χ0) is 22.7. The first kappa shape index (κ1) is 21.6. The maximum Gasteiger partial charge on any atom is 0.311 e. The lowest BCUT2D eigenvalue weighted by molar-refractivity contribution is -0.138. The number of benzene rings is 3. The van der Waals surface area contributed by atoms with Gasteiger partial charge in [-0.2, -0.15) is 5.10 Å². The van der Waals surface area contributed by atoms with Gasteiger partial charge in [0.15, 0.2) is 0 Å². The Morgan fingerprint density at radius 2 is 1.53 bits per heavy atom. The van der Waals surface area contributed by atoms with Gasteiger partial charge in [-0.25, -0.2) is 0 Å². The van der Waals surface area contributed by atoms with E-state index in [4.69, 9.17) is 5.10 Å². The van der Waals surface area contributed by atoms with Crippen LogP contribution < -0.4 is 0 Å². The van der Waals surface area contributed by atoms with Crippen LogP contribution in [0.25, 0.3) is 11.3 Å². The first-order chi connectivity index (χ1) is 15.4. The maximum absolute atomic E-state index is 12.1. The first-order valence-corrected chi connectivity index (χ1v) is 10.9. The van der Waals surface area contributed by atoms with E-state index in [2.05, 4.69) is 62.4 Å². The summed E-state index contributed by atoms with van der Waals surface area (Å²) in [6.07, 6.45) is 0.346. The summed E-state index contributed by atoms with van der Waals surface area (Å²) in [5, 5.41) is 14.8. The molecule has 0 bridgehead atoms. The van der Waals surface area contributed by atoms with E-state index in [0.29, 0.717) is 13.0 Å². The fourth-order valence-corrected chi connectivity index (χ4v) is 3.96. The van der Waals surface area contributed by atoms with Crippen LogP contribution in [0, 0.1) is 20.8 Å². The van der Waals surface area contributed by atoms with Crippen molar-refractivity contribution in [3.05, 3.63) is 112 Å². The fraction of sp³-hybridized carbons (Fsp3) is 0.214. The monoisotopic (exact) mass is 424 g/mol. The average molecular weight is 425 g/mol. The maximum atomic E-state index is 12.1. The molecular weight excluding hydrogens is 396 g/mol. The van der Waals surface area contributed by atoms with Gasteiger partial charge in [-0.3, -0.25) is 9.48 Å². The third-order valence-corrected chi connectivity index (χ3v) is 5.79. The number of aliphatic carboxylic acids is 1. The number of hydrogen-bond donors (Lipinski definition) is 1. The number of aromatic nitrogens is 2. The first-order valence-electron chi connectivity index (χ1n) is 10.9. The molecule has 0 amide bonds. The molecule has 3 aromatic carbocycles. The molecule has 0 radical (unpaired) electrons. The number of nitrogens with zero attached hydrogens (tertiary/aromatic N) is 2. The highest BCUT2D eigenvalue weighted by molar-refractivity contribution is 5.76. The van der Waals surface area contributed by atoms with Gasteiger partial charge in [0.05, 0.1) is 23.9 Å². The van der Waals surface area contributed by atoms with E-state index < -0.39 is 11.9 Å². The summed E-state index contributed by atoms with van der Waals surface area (Å²) in [6.45, 7) is 6.75. The van der Waals surface area contributed by atoms with E-state index >= 15 is 0 Å². The molecule has 4 rings (SSSR count). The quantitative estimate of drug-likeness (QED) is 0.400. The van der Waals surface area contributed by atoms with E-state index in [1.807, 2.05) is 41.9 Å². The molecule has 162 valence electrons. The zero-order valence-corrected chi connectivity index (χ0v) is 18.7. The van der Waals surface area contributed by atoms with E-state index in [9.17, 15) is 9.90 Å². The molecule has 4 nitrogen and oxygen atoms in total. The molecule has 0 aliphatic heterocycles. The number of carboxylic acids is 1. The topological polar surface area (TPSA) is 55.1 Å². The highest BCUT2D eigenvalue weighted by Crippen LogP contribution is 2.27. The van der Waals surface area contributed by atoms with Crippen LogP contribution in [0.1, 0.15) is 39.4 Å². The van der Waals surface area contributed by atoms with E-state index in [1.54, 1.807) is 0 Å². The zero-order valence-electron chi connectivity index (χ0n) is 18.7. The summed E-state index contributed by atoms with van der Waals surface area (Å²) >= 11 is 0. The number of carboxylic acid groups (broad SMARTS) is 1. The van der Waals surface area contributed by atoms with Gasteiger partial charge >= 0.3 is 5.97 Å². The molecule has 0 aliphatic rings. The van der Waals surface area contributed by atoms with Gasteiger partial charge in [0.1, 0.15) is 0 Å². The highest BCUT2D eigenvalue weighted by atomic mass is 16.4. The van der Waals surface area contributed by atoms with Crippen molar-refractivity contribution in [3.63, 3.8) is 0 Å². The fourth-order valence-electron chi connectivity index (χ4n) is 3.96. The molecular formula is C28H28N2O2. The Labute approximate surface area is 189 Å². The molecule has 4 heteroatoms. The summed E-state index contributed by atoms with van der Waals surface area (Å²) in [5.74, 6) is -1.47. The number of carbonyl (C=O) groups is 1. The van der Waals surface area contributed by atoms with Crippen LogP contribution in [-0.2, 0) is 17.8 Å². The van der Waals surface area contributed by atoms with Crippen molar-refractivity contribution < 1.29 is 9.90 Å². The van der Waals surface area contributed by atoms with Crippen LogP contribution in [0.3, 0.4) is 0 Å². The minimum atomic E-state index is -0.833. The van der Waals surface area contributed by atoms with Crippen LogP contribution in [0.15, 0.2) is 78.9 Å². The summed E-state index contributed by atoms with van der Waals surface area (Å²) in [6, 6.07) is 26.5. The predicted molar refractivity (Wildman–Crippen MR) is 128 cm³/mol. The summed E-state index contributed by atoms with van der Waals surface area (Å²) in [7, 11) is 0. The molecule has 32 heavy (non-hydrogen) atoms. The standard InChI is InChI=1S/C28H28N2O2/c1-19-7-11-22(12-8-19)18-30-27(23-13-9-20(2)10-14-23)17-25(29-30)16-26(28(31)32)24-6-4-5-21(3)15-24/h4-15,17,26H,16,18H2,1-3H3,(H,31,32). The average Bonchev–Trinajstić information content (AvgIpc) is 3.16. The Bertz CT molecular complexity index is 1220. The summed E-state index contributed by atoms with van der Waals surface area (Å²) in [5.41, 5.74) is 8.29. The molecule has 1 unspecified atom stereocenters. The normalized spacial score (nSPS) is 12.0. The van der Waals surface area contributed by atoms with E-state index in [0.717, 1.165) is 33.6 Å².